The van der Waals surface area contributed by atoms with Gasteiger partial charge in [0.25, 0.3) is 0 Å². The molecule has 3 aromatic rings. The summed E-state index contributed by atoms with van der Waals surface area (Å²) in [4.78, 5) is 0. The van der Waals surface area contributed by atoms with Gasteiger partial charge in [-0.2, -0.15) is 0 Å². The van der Waals surface area contributed by atoms with E-state index >= 15 is 0 Å². The second kappa shape index (κ2) is 4.57. The maximum atomic E-state index is 3.43. The van der Waals surface area contributed by atoms with E-state index in [0.29, 0.717) is 0 Å². The van der Waals surface area contributed by atoms with Gasteiger partial charge in [-0.3, -0.25) is 0 Å². The number of nitrogens with one attached hydrogen (secondary N) is 1. The van der Waals surface area contributed by atoms with E-state index in [1.165, 1.54) is 16.5 Å². The summed E-state index contributed by atoms with van der Waals surface area (Å²) in [5.74, 6) is 0. The first-order valence-corrected chi connectivity index (χ1v) is 6.17. The number of aryl methyl sites for hydroxylation is 1. The molecule has 0 aliphatic heterocycles. The topological polar surface area (TPSA) is 17.0 Å². The van der Waals surface area contributed by atoms with Gasteiger partial charge < -0.3 is 9.88 Å². The molecule has 2 aromatic carbocycles. The van der Waals surface area contributed by atoms with Crippen LogP contribution >= 0.6 is 0 Å². The summed E-state index contributed by atoms with van der Waals surface area (Å²) < 4.78 is 2.22. The summed E-state index contributed by atoms with van der Waals surface area (Å²) >= 11 is 0. The third-order valence-electron chi connectivity index (χ3n) is 3.19. The highest BCUT2D eigenvalue weighted by molar-refractivity contribution is 5.79. The minimum atomic E-state index is 0.788. The van der Waals surface area contributed by atoms with Crippen molar-refractivity contribution in [1.82, 2.24) is 4.57 Å². The van der Waals surface area contributed by atoms with Gasteiger partial charge in [-0.25, -0.2) is 0 Å². The van der Waals surface area contributed by atoms with Gasteiger partial charge in [0.2, 0.25) is 0 Å². The number of benzene rings is 2. The molecular formula is C16H16N2. The first-order valence-electron chi connectivity index (χ1n) is 6.17. The van der Waals surface area contributed by atoms with Gasteiger partial charge in [0.15, 0.2) is 0 Å². The van der Waals surface area contributed by atoms with E-state index in [0.717, 1.165) is 12.4 Å². The lowest BCUT2D eigenvalue weighted by Crippen LogP contribution is -2.06. The fourth-order valence-corrected chi connectivity index (χ4v) is 2.13. The van der Waals surface area contributed by atoms with E-state index in [-0.39, 0.29) is 0 Å². The van der Waals surface area contributed by atoms with Gasteiger partial charge in [-0.05, 0) is 36.6 Å². The Morgan fingerprint density at radius 1 is 0.944 bits per heavy atom. The maximum Gasteiger partial charge on any atom is 0.0919 e. The molecule has 0 unspecified atom stereocenters. The van der Waals surface area contributed by atoms with Crippen molar-refractivity contribution < 1.29 is 0 Å². The SMILES string of the molecule is Cc1ccc(NCn2ccc3ccccc32)cc1. The number of para-hydroxylation sites is 1. The van der Waals surface area contributed by atoms with Crippen LogP contribution in [0.4, 0.5) is 5.69 Å². The van der Waals surface area contributed by atoms with Crippen molar-refractivity contribution in [2.45, 2.75) is 13.6 Å². The standard InChI is InChI=1S/C16H16N2/c1-13-6-8-15(9-7-13)17-12-18-11-10-14-4-2-3-5-16(14)18/h2-11,17H,12H2,1H3. The second-order valence-electron chi connectivity index (χ2n) is 4.55. The Bertz CT molecular complexity index is 650. The molecule has 0 bridgehead atoms. The largest absolute Gasteiger partial charge is 0.367 e. The van der Waals surface area contributed by atoms with E-state index in [4.69, 9.17) is 0 Å². The molecule has 1 N–H and O–H groups in total. The Morgan fingerprint density at radius 3 is 2.56 bits per heavy atom. The van der Waals surface area contributed by atoms with Crippen LogP contribution < -0.4 is 5.32 Å². The number of anilines is 1. The molecule has 0 aliphatic carbocycles. The number of rotatable bonds is 3. The van der Waals surface area contributed by atoms with Crippen LogP contribution in [0.2, 0.25) is 0 Å². The highest BCUT2D eigenvalue weighted by atomic mass is 15.1. The van der Waals surface area contributed by atoms with Crippen molar-refractivity contribution in [3.63, 3.8) is 0 Å². The van der Waals surface area contributed by atoms with Crippen molar-refractivity contribution in [3.05, 3.63) is 66.4 Å². The monoisotopic (exact) mass is 236 g/mol. The highest BCUT2D eigenvalue weighted by Crippen LogP contribution is 2.15. The molecule has 0 saturated heterocycles. The molecule has 18 heavy (non-hydrogen) atoms. The Kier molecular flexibility index (Phi) is 2.77. The summed E-state index contributed by atoms with van der Waals surface area (Å²) in [5.41, 5.74) is 3.70. The van der Waals surface area contributed by atoms with Crippen molar-refractivity contribution in [2.24, 2.45) is 0 Å². The van der Waals surface area contributed by atoms with Gasteiger partial charge in [-0.15, -0.1) is 0 Å². The molecule has 1 heterocycles. The zero-order chi connectivity index (χ0) is 12.4. The number of hydrogen-bond acceptors (Lipinski definition) is 1. The first-order chi connectivity index (χ1) is 8.83. The summed E-state index contributed by atoms with van der Waals surface area (Å²) in [7, 11) is 0. The molecule has 0 spiro atoms. The molecule has 0 atom stereocenters. The fraction of sp³-hybridized carbons (Fsp3) is 0.125. The molecule has 1 aromatic heterocycles. The number of fused-ring (bicyclic) bond motifs is 1. The van der Waals surface area contributed by atoms with E-state index in [2.05, 4.69) is 77.6 Å². The fourth-order valence-electron chi connectivity index (χ4n) is 2.13. The minimum absolute atomic E-state index is 0.788. The van der Waals surface area contributed by atoms with Crippen LogP contribution in [0.15, 0.2) is 60.8 Å². The van der Waals surface area contributed by atoms with E-state index in [1.807, 2.05) is 0 Å². The highest BCUT2D eigenvalue weighted by Gasteiger charge is 1.99. The zero-order valence-corrected chi connectivity index (χ0v) is 10.4. The van der Waals surface area contributed by atoms with E-state index in [9.17, 15) is 0 Å². The zero-order valence-electron chi connectivity index (χ0n) is 10.4. The van der Waals surface area contributed by atoms with Crippen LogP contribution in [0.3, 0.4) is 0 Å². The van der Waals surface area contributed by atoms with Crippen molar-refractivity contribution in [2.75, 3.05) is 5.32 Å². The molecule has 2 nitrogen and oxygen atoms in total. The third kappa shape index (κ3) is 2.09. The van der Waals surface area contributed by atoms with Crippen LogP contribution in [0.1, 0.15) is 5.56 Å². The Morgan fingerprint density at radius 2 is 1.72 bits per heavy atom. The van der Waals surface area contributed by atoms with E-state index < -0.39 is 0 Å². The summed E-state index contributed by atoms with van der Waals surface area (Å²) in [6.45, 7) is 2.89. The maximum absolute atomic E-state index is 3.43. The van der Waals surface area contributed by atoms with Crippen molar-refractivity contribution >= 4 is 16.6 Å². The third-order valence-corrected chi connectivity index (χ3v) is 3.19. The Labute approximate surface area is 107 Å². The Balaban J connectivity index is 1.79. The minimum Gasteiger partial charge on any atom is -0.367 e. The molecule has 3 rings (SSSR count). The normalized spacial score (nSPS) is 10.7. The molecule has 0 amide bonds. The lowest BCUT2D eigenvalue weighted by Gasteiger charge is -2.09. The molecule has 0 radical (unpaired) electrons. The van der Waals surface area contributed by atoms with Crippen molar-refractivity contribution in [1.29, 1.82) is 0 Å². The summed E-state index contributed by atoms with van der Waals surface area (Å²) in [6, 6.07) is 19.0. The summed E-state index contributed by atoms with van der Waals surface area (Å²) in [5, 5.41) is 4.71. The number of hydrogen-bond donors (Lipinski definition) is 1. The predicted molar refractivity (Wildman–Crippen MR) is 76.7 cm³/mol. The average molecular weight is 236 g/mol. The lowest BCUT2D eigenvalue weighted by molar-refractivity contribution is 0.811. The molecule has 0 saturated carbocycles. The van der Waals surface area contributed by atoms with E-state index in [1.54, 1.807) is 0 Å². The summed E-state index contributed by atoms with van der Waals surface area (Å²) in [6.07, 6.45) is 2.12. The first kappa shape index (κ1) is 10.9. The van der Waals surface area contributed by atoms with Gasteiger partial charge in [0, 0.05) is 17.4 Å². The van der Waals surface area contributed by atoms with Gasteiger partial charge in [0.05, 0.1) is 6.67 Å². The lowest BCUT2D eigenvalue weighted by atomic mass is 10.2. The van der Waals surface area contributed by atoms with Gasteiger partial charge in [-0.1, -0.05) is 35.9 Å². The molecule has 0 aliphatic rings. The average Bonchev–Trinajstić information content (AvgIpc) is 2.82. The van der Waals surface area contributed by atoms with Crippen molar-refractivity contribution in [3.8, 4) is 0 Å². The van der Waals surface area contributed by atoms with Gasteiger partial charge in [0.1, 0.15) is 0 Å². The second-order valence-corrected chi connectivity index (χ2v) is 4.55. The van der Waals surface area contributed by atoms with Crippen LogP contribution in [0, 0.1) is 6.92 Å². The Hall–Kier alpha value is -2.22. The van der Waals surface area contributed by atoms with Crippen LogP contribution in [0.25, 0.3) is 10.9 Å². The predicted octanol–water partition coefficient (Wildman–Crippen LogP) is 4.02. The van der Waals surface area contributed by atoms with Crippen LogP contribution in [-0.4, -0.2) is 4.57 Å². The smallest absolute Gasteiger partial charge is 0.0919 e. The molecule has 2 heteroatoms. The number of nitrogens with zero attached hydrogens (tertiary/aromatic N) is 1. The molecule has 0 fully saturated rings. The number of aromatic nitrogens is 1. The molecular weight excluding hydrogens is 220 g/mol. The van der Waals surface area contributed by atoms with Crippen LogP contribution in [0.5, 0.6) is 0 Å². The van der Waals surface area contributed by atoms with Crippen LogP contribution in [-0.2, 0) is 6.67 Å². The van der Waals surface area contributed by atoms with Gasteiger partial charge >= 0.3 is 0 Å². The molecule has 90 valence electrons. The quantitative estimate of drug-likeness (QED) is 0.726.